The number of fused-ring (bicyclic) bond motifs is 1. The molecule has 21 heavy (non-hydrogen) atoms. The first kappa shape index (κ1) is 13.4. The molecule has 0 aliphatic heterocycles. The number of hydrogen-bond donors (Lipinski definition) is 1. The first-order valence-electron chi connectivity index (χ1n) is 7.15. The molecule has 0 atom stereocenters. The number of benzene rings is 2. The highest BCUT2D eigenvalue weighted by Crippen LogP contribution is 2.21. The third kappa shape index (κ3) is 2.55. The molecule has 3 aromatic rings. The van der Waals surface area contributed by atoms with Crippen LogP contribution in [0.3, 0.4) is 0 Å². The summed E-state index contributed by atoms with van der Waals surface area (Å²) in [6.07, 6.45) is 0. The summed E-state index contributed by atoms with van der Waals surface area (Å²) >= 11 is 0. The molecule has 1 amide bonds. The molecule has 1 heterocycles. The minimum absolute atomic E-state index is 0.00227. The van der Waals surface area contributed by atoms with Gasteiger partial charge in [0.2, 0.25) is 0 Å². The summed E-state index contributed by atoms with van der Waals surface area (Å²) in [5.41, 5.74) is 3.73. The molecule has 3 heteroatoms. The Balaban J connectivity index is 1.98. The van der Waals surface area contributed by atoms with Gasteiger partial charge in [-0.05, 0) is 44.2 Å². The Morgan fingerprint density at radius 3 is 2.57 bits per heavy atom. The van der Waals surface area contributed by atoms with E-state index in [2.05, 4.69) is 18.0 Å². The van der Waals surface area contributed by atoms with Crippen molar-refractivity contribution in [3.05, 3.63) is 65.9 Å². The molecule has 0 saturated heterocycles. The third-order valence-electron chi connectivity index (χ3n) is 3.64. The Labute approximate surface area is 124 Å². The van der Waals surface area contributed by atoms with Gasteiger partial charge in [0.25, 0.3) is 5.91 Å². The molecule has 3 rings (SSSR count). The maximum absolute atomic E-state index is 12.7. The predicted octanol–water partition coefficient (Wildman–Crippen LogP) is 4.14. The number of rotatable bonds is 3. The lowest BCUT2D eigenvalue weighted by atomic mass is 10.2. The van der Waals surface area contributed by atoms with Crippen LogP contribution >= 0.6 is 0 Å². The fourth-order valence-electron chi connectivity index (χ4n) is 2.56. The van der Waals surface area contributed by atoms with E-state index in [1.165, 1.54) is 5.56 Å². The van der Waals surface area contributed by atoms with Gasteiger partial charge in [0, 0.05) is 23.1 Å². The second-order valence-electron chi connectivity index (χ2n) is 5.16. The minimum atomic E-state index is -0.00227. The number of nitrogens with one attached hydrogen (secondary N) is 1. The molecule has 0 saturated carbocycles. The van der Waals surface area contributed by atoms with Crippen LogP contribution in [0.25, 0.3) is 10.9 Å². The molecule has 0 spiro atoms. The largest absolute Gasteiger partial charge is 0.351 e. The van der Waals surface area contributed by atoms with E-state index in [-0.39, 0.29) is 5.91 Å². The van der Waals surface area contributed by atoms with Gasteiger partial charge in [-0.25, -0.2) is 0 Å². The first-order valence-corrected chi connectivity index (χ1v) is 7.15. The Hall–Kier alpha value is -2.55. The average molecular weight is 278 g/mol. The Bertz CT molecular complexity index is 774. The normalized spacial score (nSPS) is 10.8. The number of aromatic nitrogens is 1. The predicted molar refractivity (Wildman–Crippen MR) is 86.8 cm³/mol. The van der Waals surface area contributed by atoms with Gasteiger partial charge in [-0.15, -0.1) is 0 Å². The van der Waals surface area contributed by atoms with Crippen molar-refractivity contribution in [2.24, 2.45) is 0 Å². The van der Waals surface area contributed by atoms with Gasteiger partial charge in [0.05, 0.1) is 0 Å². The molecule has 0 aliphatic rings. The van der Waals surface area contributed by atoms with Crippen LogP contribution in [0.2, 0.25) is 0 Å². The van der Waals surface area contributed by atoms with Crippen LogP contribution in [0.1, 0.15) is 23.0 Å². The van der Waals surface area contributed by atoms with Crippen LogP contribution in [0.4, 0.5) is 5.69 Å². The zero-order chi connectivity index (χ0) is 14.8. The fraction of sp³-hybridized carbons (Fsp3) is 0.167. The van der Waals surface area contributed by atoms with Crippen LogP contribution in [0.5, 0.6) is 0 Å². The van der Waals surface area contributed by atoms with Crippen molar-refractivity contribution in [1.82, 2.24) is 4.98 Å². The van der Waals surface area contributed by atoms with Crippen LogP contribution in [-0.4, -0.2) is 17.4 Å². The maximum atomic E-state index is 12.7. The molecule has 0 bridgehead atoms. The molecule has 0 aliphatic carbocycles. The molecule has 0 radical (unpaired) electrons. The van der Waals surface area contributed by atoms with Crippen molar-refractivity contribution >= 4 is 22.5 Å². The highest BCUT2D eigenvalue weighted by Gasteiger charge is 2.17. The van der Waals surface area contributed by atoms with E-state index in [0.717, 1.165) is 16.6 Å². The molecule has 3 nitrogen and oxygen atoms in total. The lowest BCUT2D eigenvalue weighted by Gasteiger charge is -2.20. The van der Waals surface area contributed by atoms with E-state index in [1.807, 2.05) is 55.5 Å². The number of carbonyl (C=O) groups is 1. The van der Waals surface area contributed by atoms with Crippen LogP contribution in [-0.2, 0) is 0 Å². The first-order chi connectivity index (χ1) is 10.2. The van der Waals surface area contributed by atoms with Crippen LogP contribution < -0.4 is 4.90 Å². The van der Waals surface area contributed by atoms with E-state index >= 15 is 0 Å². The van der Waals surface area contributed by atoms with E-state index in [1.54, 1.807) is 4.90 Å². The van der Waals surface area contributed by atoms with Crippen molar-refractivity contribution in [2.45, 2.75) is 13.8 Å². The molecular formula is C18H18N2O. The van der Waals surface area contributed by atoms with Gasteiger partial charge in [-0.3, -0.25) is 4.79 Å². The van der Waals surface area contributed by atoms with Gasteiger partial charge in [0.15, 0.2) is 0 Å². The lowest BCUT2D eigenvalue weighted by Crippen LogP contribution is -2.30. The van der Waals surface area contributed by atoms with Crippen molar-refractivity contribution in [3.8, 4) is 0 Å². The highest BCUT2D eigenvalue weighted by atomic mass is 16.2. The lowest BCUT2D eigenvalue weighted by molar-refractivity contribution is 0.0984. The van der Waals surface area contributed by atoms with Gasteiger partial charge in [0.1, 0.15) is 5.69 Å². The topological polar surface area (TPSA) is 36.1 Å². The van der Waals surface area contributed by atoms with Crippen molar-refractivity contribution in [2.75, 3.05) is 11.4 Å². The van der Waals surface area contributed by atoms with E-state index in [0.29, 0.717) is 12.2 Å². The summed E-state index contributed by atoms with van der Waals surface area (Å²) in [5.74, 6) is -0.00227. The maximum Gasteiger partial charge on any atom is 0.274 e. The summed E-state index contributed by atoms with van der Waals surface area (Å²) in [6.45, 7) is 4.67. The number of aryl methyl sites for hydroxylation is 1. The van der Waals surface area contributed by atoms with Crippen LogP contribution in [0.15, 0.2) is 54.6 Å². The zero-order valence-electron chi connectivity index (χ0n) is 12.3. The van der Waals surface area contributed by atoms with E-state index in [9.17, 15) is 4.79 Å². The third-order valence-corrected chi connectivity index (χ3v) is 3.64. The molecule has 106 valence electrons. The van der Waals surface area contributed by atoms with E-state index < -0.39 is 0 Å². The van der Waals surface area contributed by atoms with Gasteiger partial charge in [-0.2, -0.15) is 0 Å². The monoisotopic (exact) mass is 278 g/mol. The molecule has 2 aromatic carbocycles. The second kappa shape index (κ2) is 5.44. The standard InChI is InChI=1S/C18H18N2O/c1-3-20(15-7-5-4-6-8-15)18(21)17-12-14-11-13(2)9-10-16(14)19-17/h4-12,19H,3H2,1-2H3. The quantitative estimate of drug-likeness (QED) is 0.768. The van der Waals surface area contributed by atoms with Gasteiger partial charge >= 0.3 is 0 Å². The van der Waals surface area contributed by atoms with Crippen molar-refractivity contribution in [3.63, 3.8) is 0 Å². The minimum Gasteiger partial charge on any atom is -0.351 e. The zero-order valence-corrected chi connectivity index (χ0v) is 12.3. The molecular weight excluding hydrogens is 260 g/mol. The molecule has 1 aromatic heterocycles. The number of para-hydroxylation sites is 1. The number of aromatic amines is 1. The summed E-state index contributed by atoms with van der Waals surface area (Å²) in [6, 6.07) is 17.8. The number of anilines is 1. The SMILES string of the molecule is CCN(C(=O)c1cc2cc(C)ccc2[nH]1)c1ccccc1. The second-order valence-corrected chi connectivity index (χ2v) is 5.16. The number of carbonyl (C=O) groups excluding carboxylic acids is 1. The number of amides is 1. The Morgan fingerprint density at radius 2 is 1.86 bits per heavy atom. The Kier molecular flexibility index (Phi) is 3.48. The van der Waals surface area contributed by atoms with Crippen molar-refractivity contribution in [1.29, 1.82) is 0 Å². The molecule has 0 fully saturated rings. The summed E-state index contributed by atoms with van der Waals surface area (Å²) in [7, 11) is 0. The van der Waals surface area contributed by atoms with E-state index in [4.69, 9.17) is 0 Å². The molecule has 0 unspecified atom stereocenters. The van der Waals surface area contributed by atoms with Gasteiger partial charge in [-0.1, -0.05) is 29.8 Å². The number of hydrogen-bond acceptors (Lipinski definition) is 1. The summed E-state index contributed by atoms with van der Waals surface area (Å²) < 4.78 is 0. The number of H-pyrrole nitrogens is 1. The van der Waals surface area contributed by atoms with Gasteiger partial charge < -0.3 is 9.88 Å². The summed E-state index contributed by atoms with van der Waals surface area (Å²) in [5, 5.41) is 1.07. The summed E-state index contributed by atoms with van der Waals surface area (Å²) in [4.78, 5) is 17.7. The Morgan fingerprint density at radius 1 is 1.10 bits per heavy atom. The molecule has 1 N–H and O–H groups in total. The smallest absolute Gasteiger partial charge is 0.274 e. The highest BCUT2D eigenvalue weighted by molar-refractivity contribution is 6.07. The average Bonchev–Trinajstić information content (AvgIpc) is 2.92. The van der Waals surface area contributed by atoms with Crippen LogP contribution in [0, 0.1) is 6.92 Å². The fourth-order valence-corrected chi connectivity index (χ4v) is 2.56. The van der Waals surface area contributed by atoms with Crippen molar-refractivity contribution < 1.29 is 4.79 Å². The number of nitrogens with zero attached hydrogens (tertiary/aromatic N) is 1.